The van der Waals surface area contributed by atoms with Crippen LogP contribution in [0.3, 0.4) is 0 Å². The molecule has 0 aliphatic carbocycles. The number of sulfonamides is 1. The fourth-order valence-corrected chi connectivity index (χ4v) is 5.70. The van der Waals surface area contributed by atoms with Gasteiger partial charge in [0.2, 0.25) is 15.9 Å². The van der Waals surface area contributed by atoms with Crippen molar-refractivity contribution in [1.82, 2.24) is 10.2 Å². The molecular weight excluding hydrogens is 481 g/mol. The van der Waals surface area contributed by atoms with Gasteiger partial charge in [-0.3, -0.25) is 14.0 Å². The molecule has 1 saturated heterocycles. The predicted octanol–water partition coefficient (Wildman–Crippen LogP) is 4.84. The van der Waals surface area contributed by atoms with Gasteiger partial charge in [0.25, 0.3) is 0 Å². The number of anilines is 1. The van der Waals surface area contributed by atoms with E-state index in [4.69, 9.17) is 23.2 Å². The molecule has 0 bridgehead atoms. The molecular formula is C24H31Cl2N3O3S. The molecule has 0 spiro atoms. The highest BCUT2D eigenvalue weighted by atomic mass is 35.5. The molecule has 0 unspecified atom stereocenters. The summed E-state index contributed by atoms with van der Waals surface area (Å²) in [5, 5.41) is 3.45. The van der Waals surface area contributed by atoms with Crippen molar-refractivity contribution in [2.24, 2.45) is 0 Å². The highest BCUT2D eigenvalue weighted by molar-refractivity contribution is 7.92. The van der Waals surface area contributed by atoms with E-state index in [0.717, 1.165) is 35.8 Å². The van der Waals surface area contributed by atoms with Crippen LogP contribution in [0.2, 0.25) is 10.0 Å². The smallest absolute Gasteiger partial charge is 0.244 e. The molecule has 0 radical (unpaired) electrons. The van der Waals surface area contributed by atoms with Crippen molar-refractivity contribution < 1.29 is 13.2 Å². The summed E-state index contributed by atoms with van der Waals surface area (Å²) in [6.45, 7) is 5.24. The number of amides is 1. The summed E-state index contributed by atoms with van der Waals surface area (Å²) in [7, 11) is -3.74. The van der Waals surface area contributed by atoms with Crippen LogP contribution in [-0.4, -0.2) is 44.6 Å². The number of benzene rings is 2. The molecule has 1 aliphatic rings. The second-order valence-corrected chi connectivity index (χ2v) is 11.1. The Hall–Kier alpha value is -1.80. The van der Waals surface area contributed by atoms with Crippen LogP contribution in [0.25, 0.3) is 0 Å². The number of carbonyl (C=O) groups is 1. The third kappa shape index (κ3) is 7.09. The predicted molar refractivity (Wildman–Crippen MR) is 135 cm³/mol. The lowest BCUT2D eigenvalue weighted by Crippen LogP contribution is -2.49. The minimum Gasteiger partial charge on any atom is -0.350 e. The molecule has 0 saturated carbocycles. The molecule has 2 aromatic carbocycles. The average Bonchev–Trinajstić information content (AvgIpc) is 2.78. The van der Waals surface area contributed by atoms with E-state index in [1.54, 1.807) is 13.0 Å². The molecule has 2 aromatic rings. The van der Waals surface area contributed by atoms with Gasteiger partial charge in [0, 0.05) is 13.1 Å². The third-order valence-electron chi connectivity index (χ3n) is 5.80. The topological polar surface area (TPSA) is 69.7 Å². The first-order chi connectivity index (χ1) is 15.7. The molecule has 6 nitrogen and oxygen atoms in total. The Labute approximate surface area is 206 Å². The van der Waals surface area contributed by atoms with Crippen LogP contribution in [0.5, 0.6) is 0 Å². The molecule has 33 heavy (non-hydrogen) atoms. The van der Waals surface area contributed by atoms with Gasteiger partial charge in [-0.05, 0) is 61.7 Å². The van der Waals surface area contributed by atoms with Gasteiger partial charge in [0.15, 0.2) is 0 Å². The Morgan fingerprint density at radius 2 is 1.76 bits per heavy atom. The Kier molecular flexibility index (Phi) is 9.04. The van der Waals surface area contributed by atoms with E-state index >= 15 is 0 Å². The normalized spacial score (nSPS) is 15.8. The van der Waals surface area contributed by atoms with E-state index in [2.05, 4.69) is 22.3 Å². The Morgan fingerprint density at radius 1 is 1.06 bits per heavy atom. The summed E-state index contributed by atoms with van der Waals surface area (Å²) >= 11 is 12.1. The van der Waals surface area contributed by atoms with Gasteiger partial charge in [-0.25, -0.2) is 8.42 Å². The van der Waals surface area contributed by atoms with Crippen LogP contribution in [0, 0.1) is 0 Å². The quantitative estimate of drug-likeness (QED) is 0.522. The highest BCUT2D eigenvalue weighted by Gasteiger charge is 2.31. The van der Waals surface area contributed by atoms with E-state index in [1.807, 2.05) is 12.1 Å². The molecule has 9 heteroatoms. The molecule has 1 N–H and O–H groups in total. The van der Waals surface area contributed by atoms with Crippen molar-refractivity contribution in [2.75, 3.05) is 23.7 Å². The fourth-order valence-electron chi connectivity index (χ4n) is 4.20. The second-order valence-electron chi connectivity index (χ2n) is 8.46. The van der Waals surface area contributed by atoms with Gasteiger partial charge in [-0.1, -0.05) is 60.8 Å². The molecule has 0 aromatic heterocycles. The summed E-state index contributed by atoms with van der Waals surface area (Å²) in [4.78, 5) is 15.5. The number of likely N-dealkylation sites (tertiary alicyclic amines) is 1. The van der Waals surface area contributed by atoms with Crippen LogP contribution < -0.4 is 9.62 Å². The van der Waals surface area contributed by atoms with Gasteiger partial charge in [0.1, 0.15) is 6.04 Å². The number of rotatable bonds is 9. The van der Waals surface area contributed by atoms with Crippen LogP contribution in [0.15, 0.2) is 42.5 Å². The summed E-state index contributed by atoms with van der Waals surface area (Å²) in [5.41, 5.74) is 2.50. The number of nitrogens with zero attached hydrogens (tertiary/aromatic N) is 2. The molecule has 1 aliphatic heterocycles. The zero-order chi connectivity index (χ0) is 24.0. The van der Waals surface area contributed by atoms with E-state index < -0.39 is 16.1 Å². The number of halogens is 2. The van der Waals surface area contributed by atoms with Crippen LogP contribution in [0.1, 0.15) is 43.7 Å². The van der Waals surface area contributed by atoms with E-state index in [1.165, 1.54) is 37.0 Å². The molecule has 1 heterocycles. The molecule has 180 valence electrons. The van der Waals surface area contributed by atoms with E-state index in [9.17, 15) is 13.2 Å². The minimum absolute atomic E-state index is 0.226. The highest BCUT2D eigenvalue weighted by Crippen LogP contribution is 2.30. The van der Waals surface area contributed by atoms with Gasteiger partial charge in [0.05, 0.1) is 22.0 Å². The largest absolute Gasteiger partial charge is 0.350 e. The standard InChI is InChI=1S/C24H31Cl2N3O3S/c1-3-23(29(33(2,31)32)20-10-11-21(25)22(26)15-20)24(30)27-16-18-8-7-9-19(14-18)17-28-12-5-4-6-13-28/h7-11,14-15,23H,3-6,12-13,16-17H2,1-2H3,(H,27,30)/t23-/m0/s1. The summed E-state index contributed by atoms with van der Waals surface area (Å²) < 4.78 is 26.3. The molecule has 1 fully saturated rings. The van der Waals surface area contributed by atoms with Gasteiger partial charge in [-0.15, -0.1) is 0 Å². The molecule has 1 amide bonds. The maximum absolute atomic E-state index is 13.1. The third-order valence-corrected chi connectivity index (χ3v) is 7.72. The van der Waals surface area contributed by atoms with Crippen LogP contribution in [-0.2, 0) is 27.9 Å². The van der Waals surface area contributed by atoms with Crippen molar-refractivity contribution in [1.29, 1.82) is 0 Å². The fraction of sp³-hybridized carbons (Fsp3) is 0.458. The number of carbonyl (C=O) groups excluding carboxylic acids is 1. The number of hydrogen-bond acceptors (Lipinski definition) is 4. The summed E-state index contributed by atoms with van der Waals surface area (Å²) in [6.07, 6.45) is 5.16. The van der Waals surface area contributed by atoms with Crippen molar-refractivity contribution in [2.45, 2.75) is 51.7 Å². The maximum atomic E-state index is 13.1. The Bertz CT molecular complexity index is 1070. The monoisotopic (exact) mass is 511 g/mol. The van der Waals surface area contributed by atoms with Crippen molar-refractivity contribution >= 4 is 44.8 Å². The maximum Gasteiger partial charge on any atom is 0.244 e. The van der Waals surface area contributed by atoms with Crippen LogP contribution >= 0.6 is 23.2 Å². The lowest BCUT2D eigenvalue weighted by Gasteiger charge is -2.30. The average molecular weight is 513 g/mol. The first-order valence-corrected chi connectivity index (χ1v) is 13.8. The van der Waals surface area contributed by atoms with Crippen molar-refractivity contribution in [3.8, 4) is 0 Å². The number of hydrogen-bond donors (Lipinski definition) is 1. The first kappa shape index (κ1) is 25.8. The summed E-state index contributed by atoms with van der Waals surface area (Å²) in [6, 6.07) is 11.8. The minimum atomic E-state index is -3.74. The number of piperidine rings is 1. The first-order valence-electron chi connectivity index (χ1n) is 11.2. The zero-order valence-electron chi connectivity index (χ0n) is 19.1. The summed E-state index contributed by atoms with van der Waals surface area (Å²) in [5.74, 6) is -0.365. The Morgan fingerprint density at radius 3 is 2.39 bits per heavy atom. The lowest BCUT2D eigenvalue weighted by atomic mass is 10.1. The van der Waals surface area contributed by atoms with Gasteiger partial charge in [-0.2, -0.15) is 0 Å². The lowest BCUT2D eigenvalue weighted by molar-refractivity contribution is -0.122. The molecule has 1 atom stereocenters. The van der Waals surface area contributed by atoms with Crippen molar-refractivity contribution in [3.63, 3.8) is 0 Å². The van der Waals surface area contributed by atoms with Gasteiger partial charge < -0.3 is 5.32 Å². The van der Waals surface area contributed by atoms with Gasteiger partial charge >= 0.3 is 0 Å². The second kappa shape index (κ2) is 11.6. The van der Waals surface area contributed by atoms with E-state index in [-0.39, 0.29) is 10.9 Å². The van der Waals surface area contributed by atoms with E-state index in [0.29, 0.717) is 23.7 Å². The van der Waals surface area contributed by atoms with Crippen LogP contribution in [0.4, 0.5) is 5.69 Å². The van der Waals surface area contributed by atoms with Crippen molar-refractivity contribution in [3.05, 3.63) is 63.6 Å². The SMILES string of the molecule is CC[C@@H](C(=O)NCc1cccc(CN2CCCCC2)c1)N(c1ccc(Cl)c(Cl)c1)S(C)(=O)=O. The zero-order valence-corrected chi connectivity index (χ0v) is 21.4. The molecule has 3 rings (SSSR count). The Balaban J connectivity index is 1.71. The number of nitrogens with one attached hydrogen (secondary N) is 1.